The van der Waals surface area contributed by atoms with E-state index in [2.05, 4.69) is 22.8 Å². The zero-order valence-electron chi connectivity index (χ0n) is 19.4. The van der Waals surface area contributed by atoms with Gasteiger partial charge in [0.25, 0.3) is 0 Å². The summed E-state index contributed by atoms with van der Waals surface area (Å²) in [6.45, 7) is 2.75. The summed E-state index contributed by atoms with van der Waals surface area (Å²) in [6.07, 6.45) is 3.60. The van der Waals surface area contributed by atoms with E-state index in [1.165, 1.54) is 7.11 Å². The highest BCUT2D eigenvalue weighted by atomic mass is 35.5. The Hall–Kier alpha value is -3.62. The van der Waals surface area contributed by atoms with E-state index in [1.807, 2.05) is 12.1 Å². The van der Waals surface area contributed by atoms with Crippen molar-refractivity contribution < 1.29 is 19.0 Å². The van der Waals surface area contributed by atoms with Crippen LogP contribution in [-0.2, 0) is 0 Å². The summed E-state index contributed by atoms with van der Waals surface area (Å²) in [5.41, 5.74) is 4.61. The number of hydrogen-bond donors (Lipinski definition) is 2. The molecule has 3 aromatic carbocycles. The number of ether oxygens (including phenoxy) is 3. The largest absolute Gasteiger partial charge is 0.494 e. The molecule has 0 fully saturated rings. The molecule has 182 valence electrons. The minimum atomic E-state index is -0.496. The van der Waals surface area contributed by atoms with E-state index in [0.717, 1.165) is 18.5 Å². The fourth-order valence-electron chi connectivity index (χ4n) is 2.92. The molecule has 0 aromatic heterocycles. The number of benzene rings is 3. The Morgan fingerprint density at radius 1 is 1.09 bits per heavy atom. The van der Waals surface area contributed by atoms with Gasteiger partial charge in [0, 0.05) is 10.7 Å². The third-order valence-corrected chi connectivity index (χ3v) is 5.14. The van der Waals surface area contributed by atoms with E-state index in [-0.39, 0.29) is 0 Å². The lowest BCUT2D eigenvalue weighted by molar-refractivity contribution is 0.0729. The number of unbranched alkanes of at least 4 members (excludes halogenated alkanes) is 1. The molecule has 0 aliphatic heterocycles. The lowest BCUT2D eigenvalue weighted by atomic mass is 10.2. The van der Waals surface area contributed by atoms with Crippen molar-refractivity contribution in [3.05, 3.63) is 82.9 Å². The lowest BCUT2D eigenvalue weighted by Gasteiger charge is -2.11. The second kappa shape index (κ2) is 13.3. The van der Waals surface area contributed by atoms with Crippen LogP contribution in [0.5, 0.6) is 17.2 Å². The zero-order chi connectivity index (χ0) is 25.0. The summed E-state index contributed by atoms with van der Waals surface area (Å²) in [7, 11) is 1.50. The molecule has 0 spiro atoms. The molecule has 0 saturated carbocycles. The minimum absolute atomic E-state index is 0.295. The molecule has 35 heavy (non-hydrogen) atoms. The van der Waals surface area contributed by atoms with Gasteiger partial charge >= 0.3 is 5.97 Å². The average molecular weight is 512 g/mol. The highest BCUT2D eigenvalue weighted by molar-refractivity contribution is 7.80. The Morgan fingerprint density at radius 3 is 2.60 bits per heavy atom. The van der Waals surface area contributed by atoms with E-state index in [0.29, 0.717) is 45.1 Å². The molecular formula is C26H26ClN3O4S. The minimum Gasteiger partial charge on any atom is -0.494 e. The van der Waals surface area contributed by atoms with Crippen LogP contribution in [-0.4, -0.2) is 31.0 Å². The molecule has 0 heterocycles. The summed E-state index contributed by atoms with van der Waals surface area (Å²) in [6, 6.07) is 19.1. The van der Waals surface area contributed by atoms with Crippen LogP contribution in [0.2, 0.25) is 5.02 Å². The second-order valence-corrected chi connectivity index (χ2v) is 8.21. The number of nitrogens with zero attached hydrogens (tertiary/aromatic N) is 1. The van der Waals surface area contributed by atoms with Crippen LogP contribution in [0.3, 0.4) is 0 Å². The first-order valence-corrected chi connectivity index (χ1v) is 11.8. The molecule has 0 unspecified atom stereocenters. The summed E-state index contributed by atoms with van der Waals surface area (Å²) >= 11 is 11.2. The van der Waals surface area contributed by atoms with Crippen molar-refractivity contribution in [2.24, 2.45) is 5.10 Å². The molecule has 0 atom stereocenters. The molecule has 9 heteroatoms. The average Bonchev–Trinajstić information content (AvgIpc) is 2.85. The molecule has 0 amide bonds. The first-order valence-electron chi connectivity index (χ1n) is 11.0. The summed E-state index contributed by atoms with van der Waals surface area (Å²) in [5.74, 6) is 0.904. The predicted octanol–water partition coefficient (Wildman–Crippen LogP) is 6.07. The fourth-order valence-corrected chi connectivity index (χ4v) is 3.28. The smallest absolute Gasteiger partial charge is 0.343 e. The van der Waals surface area contributed by atoms with Gasteiger partial charge in [-0.1, -0.05) is 31.0 Å². The maximum atomic E-state index is 12.6. The Kier molecular flexibility index (Phi) is 9.89. The van der Waals surface area contributed by atoms with Crippen molar-refractivity contribution in [1.29, 1.82) is 0 Å². The normalized spacial score (nSPS) is 10.6. The number of thiocarbonyl (C=S) groups is 1. The van der Waals surface area contributed by atoms with Gasteiger partial charge in [0.1, 0.15) is 5.75 Å². The number of carbonyl (C=O) groups excluding carboxylic acids is 1. The van der Waals surface area contributed by atoms with Crippen LogP contribution in [0.1, 0.15) is 35.7 Å². The van der Waals surface area contributed by atoms with Crippen molar-refractivity contribution >= 4 is 46.8 Å². The summed E-state index contributed by atoms with van der Waals surface area (Å²) < 4.78 is 16.5. The van der Waals surface area contributed by atoms with Crippen LogP contribution in [0.15, 0.2) is 71.8 Å². The maximum absolute atomic E-state index is 12.6. The van der Waals surface area contributed by atoms with Gasteiger partial charge < -0.3 is 19.5 Å². The molecule has 7 nitrogen and oxygen atoms in total. The van der Waals surface area contributed by atoms with E-state index in [4.69, 9.17) is 38.0 Å². The van der Waals surface area contributed by atoms with E-state index < -0.39 is 5.97 Å². The number of hydrogen-bond acceptors (Lipinski definition) is 6. The molecule has 0 aliphatic carbocycles. The molecule has 0 aliphatic rings. The molecule has 2 N–H and O–H groups in total. The van der Waals surface area contributed by atoms with Gasteiger partial charge in [-0.05, 0) is 84.9 Å². The molecule has 0 saturated heterocycles. The van der Waals surface area contributed by atoms with Gasteiger partial charge in [0.15, 0.2) is 16.6 Å². The quantitative estimate of drug-likeness (QED) is 0.0853. The van der Waals surface area contributed by atoms with Gasteiger partial charge in [-0.15, -0.1) is 0 Å². The Balaban J connectivity index is 1.57. The van der Waals surface area contributed by atoms with Crippen molar-refractivity contribution in [3.8, 4) is 17.2 Å². The fraction of sp³-hybridized carbons (Fsp3) is 0.192. The maximum Gasteiger partial charge on any atom is 0.343 e. The van der Waals surface area contributed by atoms with Crippen molar-refractivity contribution in [2.75, 3.05) is 19.0 Å². The van der Waals surface area contributed by atoms with E-state index >= 15 is 0 Å². The monoisotopic (exact) mass is 511 g/mol. The highest BCUT2D eigenvalue weighted by Crippen LogP contribution is 2.28. The Morgan fingerprint density at radius 2 is 1.89 bits per heavy atom. The van der Waals surface area contributed by atoms with Gasteiger partial charge in [-0.25, -0.2) is 4.79 Å². The van der Waals surface area contributed by atoms with Crippen molar-refractivity contribution in [2.45, 2.75) is 19.8 Å². The SMILES string of the molecule is CCCCOc1ccc(C(=O)Oc2ccc(C=NNC(=S)Nc3cccc(Cl)c3)cc2OC)cc1. The second-order valence-electron chi connectivity index (χ2n) is 7.36. The molecule has 0 bridgehead atoms. The first kappa shape index (κ1) is 26.0. The standard InChI is InChI=1S/C26H26ClN3O4S/c1-3-4-14-33-22-11-9-19(10-12-22)25(31)34-23-13-8-18(15-24(23)32-2)17-28-30-26(35)29-21-7-5-6-20(27)16-21/h5-13,15-17H,3-4,14H2,1-2H3,(H2,29,30,35). The number of esters is 1. The first-order chi connectivity index (χ1) is 17.0. The van der Waals surface area contributed by atoms with Crippen LogP contribution in [0, 0.1) is 0 Å². The van der Waals surface area contributed by atoms with Crippen LogP contribution >= 0.6 is 23.8 Å². The van der Waals surface area contributed by atoms with Gasteiger partial charge in [0.05, 0.1) is 25.5 Å². The molecule has 3 aromatic rings. The number of carbonyl (C=O) groups is 1. The lowest BCUT2D eigenvalue weighted by Crippen LogP contribution is -2.23. The molecule has 0 radical (unpaired) electrons. The van der Waals surface area contributed by atoms with E-state index in [9.17, 15) is 4.79 Å². The summed E-state index contributed by atoms with van der Waals surface area (Å²) in [4.78, 5) is 12.6. The van der Waals surface area contributed by atoms with Gasteiger partial charge in [-0.2, -0.15) is 5.10 Å². The predicted molar refractivity (Wildman–Crippen MR) is 143 cm³/mol. The number of methoxy groups -OCH3 is 1. The highest BCUT2D eigenvalue weighted by Gasteiger charge is 2.13. The summed E-state index contributed by atoms with van der Waals surface area (Å²) in [5, 5.41) is 8.02. The number of hydrazone groups is 1. The Labute approximate surface area is 215 Å². The van der Waals surface area contributed by atoms with Gasteiger partial charge in [-0.3, -0.25) is 5.43 Å². The zero-order valence-corrected chi connectivity index (χ0v) is 21.0. The number of anilines is 1. The van der Waals surface area contributed by atoms with Crippen LogP contribution in [0.4, 0.5) is 5.69 Å². The topological polar surface area (TPSA) is 81.2 Å². The Bertz CT molecular complexity index is 1190. The van der Waals surface area contributed by atoms with Crippen LogP contribution < -0.4 is 25.0 Å². The van der Waals surface area contributed by atoms with Crippen molar-refractivity contribution in [3.63, 3.8) is 0 Å². The third-order valence-electron chi connectivity index (χ3n) is 4.71. The molecule has 3 rings (SSSR count). The number of nitrogens with one attached hydrogen (secondary N) is 2. The van der Waals surface area contributed by atoms with Crippen LogP contribution in [0.25, 0.3) is 0 Å². The number of halogens is 1. The van der Waals surface area contributed by atoms with Crippen molar-refractivity contribution in [1.82, 2.24) is 5.43 Å². The third kappa shape index (κ3) is 8.27. The van der Waals surface area contributed by atoms with Gasteiger partial charge in [0.2, 0.25) is 0 Å². The molecular weight excluding hydrogens is 486 g/mol. The van der Waals surface area contributed by atoms with E-state index in [1.54, 1.807) is 60.8 Å². The number of rotatable bonds is 10.